The second-order valence-corrected chi connectivity index (χ2v) is 10.3. The van der Waals surface area contributed by atoms with Crippen LogP contribution >= 0.6 is 0 Å². The molecule has 2 aliphatic carbocycles. The molecule has 2 aliphatic heterocycles. The van der Waals surface area contributed by atoms with Gasteiger partial charge in [-0.3, -0.25) is 10.1 Å². The second-order valence-electron chi connectivity index (χ2n) is 10.3. The van der Waals surface area contributed by atoms with Gasteiger partial charge >= 0.3 is 0 Å². The lowest BCUT2D eigenvalue weighted by Crippen LogP contribution is -2.61. The normalized spacial score (nSPS) is 42.6. The van der Waals surface area contributed by atoms with E-state index in [2.05, 4.69) is 20.9 Å². The van der Waals surface area contributed by atoms with Gasteiger partial charge in [0.25, 0.3) is 0 Å². The first-order valence-corrected chi connectivity index (χ1v) is 12.6. The van der Waals surface area contributed by atoms with E-state index < -0.39 is 0 Å². The smallest absolute Gasteiger partial charge is 0.219 e. The van der Waals surface area contributed by atoms with Crippen molar-refractivity contribution in [3.8, 4) is 0 Å². The van der Waals surface area contributed by atoms with E-state index in [0.717, 1.165) is 38.8 Å². The van der Waals surface area contributed by atoms with Gasteiger partial charge in [-0.1, -0.05) is 6.42 Å². The Hall–Kier alpha value is -0.770. The number of amides is 1. The van der Waals surface area contributed by atoms with Gasteiger partial charge in [-0.2, -0.15) is 0 Å². The van der Waals surface area contributed by atoms with Crippen LogP contribution < -0.4 is 16.0 Å². The standard InChI is InChI=1S/C24H44N4O4/c1-15(29)28-11-9-16-6-5-7-19(23(16)28)26-17-8-10-25-22(14-17)27-18-12-20(30-2)24(32-4)21(13-18)31-3/h16-27H,5-14H2,1-4H3. The van der Waals surface area contributed by atoms with Crippen LogP contribution in [0.2, 0.25) is 0 Å². The average Bonchev–Trinajstić information content (AvgIpc) is 3.24. The summed E-state index contributed by atoms with van der Waals surface area (Å²) in [5, 5.41) is 11.5. The molecule has 3 N–H and O–H groups in total. The highest BCUT2D eigenvalue weighted by Crippen LogP contribution is 2.37. The predicted molar refractivity (Wildman–Crippen MR) is 123 cm³/mol. The van der Waals surface area contributed by atoms with E-state index in [0.29, 0.717) is 30.1 Å². The Kier molecular flexibility index (Phi) is 8.45. The van der Waals surface area contributed by atoms with Crippen LogP contribution in [0.3, 0.4) is 0 Å². The number of ether oxygens (including phenoxy) is 3. The fourth-order valence-electron chi connectivity index (χ4n) is 6.91. The van der Waals surface area contributed by atoms with Crippen LogP contribution in [0.5, 0.6) is 0 Å². The Morgan fingerprint density at radius 2 is 1.66 bits per heavy atom. The lowest BCUT2D eigenvalue weighted by molar-refractivity contribution is -0.135. The van der Waals surface area contributed by atoms with Crippen molar-refractivity contribution in [2.45, 2.75) is 107 Å². The minimum Gasteiger partial charge on any atom is -0.379 e. The summed E-state index contributed by atoms with van der Waals surface area (Å²) < 4.78 is 17.1. The molecule has 0 aromatic carbocycles. The number of nitrogens with zero attached hydrogens (tertiary/aromatic N) is 1. The third kappa shape index (κ3) is 5.31. The summed E-state index contributed by atoms with van der Waals surface area (Å²) in [7, 11) is 5.26. The van der Waals surface area contributed by atoms with E-state index in [4.69, 9.17) is 14.2 Å². The van der Waals surface area contributed by atoms with E-state index in [1.165, 1.54) is 25.7 Å². The fourth-order valence-corrected chi connectivity index (χ4v) is 6.91. The third-order valence-corrected chi connectivity index (χ3v) is 8.43. The number of carbonyl (C=O) groups is 1. The number of nitrogens with one attached hydrogen (secondary N) is 3. The molecule has 0 spiro atoms. The molecule has 2 saturated carbocycles. The van der Waals surface area contributed by atoms with E-state index in [1.54, 1.807) is 28.3 Å². The summed E-state index contributed by atoms with van der Waals surface area (Å²) >= 11 is 0. The number of rotatable bonds is 7. The second kappa shape index (κ2) is 11.1. The highest BCUT2D eigenvalue weighted by atomic mass is 16.6. The number of fused-ring (bicyclic) bond motifs is 1. The van der Waals surface area contributed by atoms with Gasteiger partial charge in [0, 0.05) is 59.0 Å². The summed E-state index contributed by atoms with van der Waals surface area (Å²) in [6.07, 6.45) is 9.24. The molecule has 8 nitrogen and oxygen atoms in total. The van der Waals surface area contributed by atoms with E-state index in [-0.39, 0.29) is 30.4 Å². The van der Waals surface area contributed by atoms with Crippen molar-refractivity contribution in [1.82, 2.24) is 20.9 Å². The van der Waals surface area contributed by atoms with Crippen LogP contribution in [0.1, 0.15) is 58.3 Å². The number of methoxy groups -OCH3 is 3. The van der Waals surface area contributed by atoms with Crippen molar-refractivity contribution >= 4 is 5.91 Å². The summed E-state index contributed by atoms with van der Waals surface area (Å²) in [4.78, 5) is 14.3. The maximum absolute atomic E-state index is 12.2. The van der Waals surface area contributed by atoms with Crippen molar-refractivity contribution in [2.75, 3.05) is 34.4 Å². The quantitative estimate of drug-likeness (QED) is 0.536. The molecule has 2 saturated heterocycles. The summed E-state index contributed by atoms with van der Waals surface area (Å²) in [6.45, 7) is 3.67. The predicted octanol–water partition coefficient (Wildman–Crippen LogP) is 1.24. The molecule has 0 radical (unpaired) electrons. The SMILES string of the molecule is COC1CC(NC2CC(NC3CCCC4CCN(C(C)=O)C43)CCN2)CC(OC)C1OC. The molecule has 7 atom stereocenters. The summed E-state index contributed by atoms with van der Waals surface area (Å²) in [5.74, 6) is 0.914. The van der Waals surface area contributed by atoms with Crippen LogP contribution in [-0.2, 0) is 19.0 Å². The van der Waals surface area contributed by atoms with Crippen molar-refractivity contribution in [3.05, 3.63) is 0 Å². The first kappa shape index (κ1) is 24.4. The van der Waals surface area contributed by atoms with Crippen LogP contribution in [-0.4, -0.2) is 93.9 Å². The maximum Gasteiger partial charge on any atom is 0.219 e. The van der Waals surface area contributed by atoms with Crippen LogP contribution in [0.15, 0.2) is 0 Å². The molecule has 4 fully saturated rings. The largest absolute Gasteiger partial charge is 0.379 e. The lowest BCUT2D eigenvalue weighted by atomic mass is 9.80. The molecule has 184 valence electrons. The van der Waals surface area contributed by atoms with Crippen molar-refractivity contribution in [2.24, 2.45) is 5.92 Å². The van der Waals surface area contributed by atoms with Gasteiger partial charge in [-0.05, 0) is 57.4 Å². The fraction of sp³-hybridized carbons (Fsp3) is 0.958. The van der Waals surface area contributed by atoms with Gasteiger partial charge < -0.3 is 29.7 Å². The summed E-state index contributed by atoms with van der Waals surface area (Å²) in [6, 6.07) is 1.61. The van der Waals surface area contributed by atoms with Crippen LogP contribution in [0.25, 0.3) is 0 Å². The van der Waals surface area contributed by atoms with Crippen LogP contribution in [0.4, 0.5) is 0 Å². The number of piperidine rings is 1. The lowest BCUT2D eigenvalue weighted by Gasteiger charge is -2.44. The van der Waals surface area contributed by atoms with Crippen molar-refractivity contribution in [3.63, 3.8) is 0 Å². The number of likely N-dealkylation sites (tertiary alicyclic amines) is 1. The molecule has 2 heterocycles. The number of hydrogen-bond acceptors (Lipinski definition) is 7. The van der Waals surface area contributed by atoms with E-state index in [9.17, 15) is 4.79 Å². The average molecular weight is 453 g/mol. The minimum absolute atomic E-state index is 0.0216. The number of hydrogen-bond donors (Lipinski definition) is 3. The topological polar surface area (TPSA) is 84.1 Å². The molecule has 7 unspecified atom stereocenters. The van der Waals surface area contributed by atoms with Gasteiger partial charge in [0.1, 0.15) is 6.10 Å². The first-order valence-electron chi connectivity index (χ1n) is 12.6. The molecule has 1 amide bonds. The molecule has 4 aliphatic rings. The number of carbonyl (C=O) groups excluding carboxylic acids is 1. The molecule has 0 aromatic rings. The minimum atomic E-state index is -0.0216. The van der Waals surface area contributed by atoms with Gasteiger partial charge in [0.15, 0.2) is 0 Å². The molecule has 32 heavy (non-hydrogen) atoms. The molecule has 0 aromatic heterocycles. The van der Waals surface area contributed by atoms with E-state index in [1.807, 2.05) is 0 Å². The van der Waals surface area contributed by atoms with Gasteiger partial charge in [0.05, 0.1) is 18.4 Å². The molecular formula is C24H44N4O4. The van der Waals surface area contributed by atoms with E-state index >= 15 is 0 Å². The highest BCUT2D eigenvalue weighted by Gasteiger charge is 2.44. The monoisotopic (exact) mass is 452 g/mol. The molecular weight excluding hydrogens is 408 g/mol. The summed E-state index contributed by atoms with van der Waals surface area (Å²) in [5.41, 5.74) is 0. The van der Waals surface area contributed by atoms with Crippen molar-refractivity contribution < 1.29 is 19.0 Å². The van der Waals surface area contributed by atoms with Gasteiger partial charge in [0.2, 0.25) is 5.91 Å². The third-order valence-electron chi connectivity index (χ3n) is 8.43. The van der Waals surface area contributed by atoms with Crippen LogP contribution in [0, 0.1) is 5.92 Å². The molecule has 0 bridgehead atoms. The Balaban J connectivity index is 1.33. The molecule has 4 rings (SSSR count). The van der Waals surface area contributed by atoms with Crippen molar-refractivity contribution in [1.29, 1.82) is 0 Å². The zero-order valence-corrected chi connectivity index (χ0v) is 20.3. The Labute approximate surface area is 193 Å². The Morgan fingerprint density at radius 1 is 0.906 bits per heavy atom. The zero-order chi connectivity index (χ0) is 22.7. The Morgan fingerprint density at radius 3 is 2.31 bits per heavy atom. The highest BCUT2D eigenvalue weighted by molar-refractivity contribution is 5.74. The first-order chi connectivity index (χ1) is 15.5. The zero-order valence-electron chi connectivity index (χ0n) is 20.3. The maximum atomic E-state index is 12.2. The van der Waals surface area contributed by atoms with Gasteiger partial charge in [-0.15, -0.1) is 0 Å². The Bertz CT molecular complexity index is 609. The van der Waals surface area contributed by atoms with Gasteiger partial charge in [-0.25, -0.2) is 0 Å². The molecule has 8 heteroatoms.